The SMILES string of the molecule is Cc1csc(S(=O)(=O)Nc2cccc(C)c2C)n1. The first-order valence-corrected chi connectivity index (χ1v) is 7.77. The lowest BCUT2D eigenvalue weighted by Gasteiger charge is -2.10. The standard InChI is InChI=1S/C12H14N2O2S2/c1-8-5-4-6-11(10(8)3)14-18(15,16)12-13-9(2)7-17-12/h4-7,14H,1-3H3. The molecule has 0 aliphatic rings. The monoisotopic (exact) mass is 282 g/mol. The van der Waals surface area contributed by atoms with E-state index in [0.29, 0.717) is 11.4 Å². The molecule has 1 aromatic heterocycles. The van der Waals surface area contributed by atoms with E-state index >= 15 is 0 Å². The summed E-state index contributed by atoms with van der Waals surface area (Å²) in [6.45, 7) is 5.61. The van der Waals surface area contributed by atoms with Crippen LogP contribution in [0.4, 0.5) is 5.69 Å². The number of nitrogens with zero attached hydrogens (tertiary/aromatic N) is 1. The molecule has 0 amide bonds. The highest BCUT2D eigenvalue weighted by atomic mass is 32.2. The van der Waals surface area contributed by atoms with Crippen LogP contribution in [0.1, 0.15) is 16.8 Å². The fourth-order valence-electron chi connectivity index (χ4n) is 1.51. The average molecular weight is 282 g/mol. The summed E-state index contributed by atoms with van der Waals surface area (Å²) in [5.74, 6) is 0. The summed E-state index contributed by atoms with van der Waals surface area (Å²) in [6, 6.07) is 5.52. The average Bonchev–Trinajstić information content (AvgIpc) is 2.72. The Morgan fingerprint density at radius 1 is 1.22 bits per heavy atom. The van der Waals surface area contributed by atoms with Gasteiger partial charge in [0, 0.05) is 11.1 Å². The Kier molecular flexibility index (Phi) is 3.41. The Morgan fingerprint density at radius 3 is 2.56 bits per heavy atom. The minimum atomic E-state index is -3.57. The molecule has 0 saturated heterocycles. The summed E-state index contributed by atoms with van der Waals surface area (Å²) in [5.41, 5.74) is 3.28. The number of sulfonamides is 1. The molecule has 2 aromatic rings. The first-order chi connectivity index (χ1) is 8.40. The van der Waals surface area contributed by atoms with E-state index in [2.05, 4.69) is 9.71 Å². The second-order valence-corrected chi connectivity index (χ2v) is 6.82. The molecule has 96 valence electrons. The summed E-state index contributed by atoms with van der Waals surface area (Å²) >= 11 is 1.12. The zero-order valence-electron chi connectivity index (χ0n) is 10.4. The molecular weight excluding hydrogens is 268 g/mol. The molecule has 0 aliphatic carbocycles. The Balaban J connectivity index is 2.37. The lowest BCUT2D eigenvalue weighted by atomic mass is 10.1. The highest BCUT2D eigenvalue weighted by Gasteiger charge is 2.19. The third-order valence-electron chi connectivity index (χ3n) is 2.68. The summed E-state index contributed by atoms with van der Waals surface area (Å²) in [4.78, 5) is 4.00. The van der Waals surface area contributed by atoms with Crippen molar-refractivity contribution < 1.29 is 8.42 Å². The van der Waals surface area contributed by atoms with E-state index in [9.17, 15) is 8.42 Å². The number of aromatic nitrogens is 1. The largest absolute Gasteiger partial charge is 0.289 e. The van der Waals surface area contributed by atoms with Gasteiger partial charge in [0.15, 0.2) is 0 Å². The lowest BCUT2D eigenvalue weighted by Crippen LogP contribution is -2.13. The van der Waals surface area contributed by atoms with Crippen molar-refractivity contribution in [2.75, 3.05) is 4.72 Å². The van der Waals surface area contributed by atoms with Gasteiger partial charge in [-0.25, -0.2) is 4.98 Å². The quantitative estimate of drug-likeness (QED) is 0.941. The van der Waals surface area contributed by atoms with E-state index < -0.39 is 10.0 Å². The highest BCUT2D eigenvalue weighted by molar-refractivity contribution is 7.94. The number of benzene rings is 1. The lowest BCUT2D eigenvalue weighted by molar-refractivity contribution is 0.600. The minimum Gasteiger partial charge on any atom is -0.277 e. The van der Waals surface area contributed by atoms with Gasteiger partial charge in [-0.2, -0.15) is 8.42 Å². The van der Waals surface area contributed by atoms with Gasteiger partial charge in [0.05, 0.1) is 5.69 Å². The molecule has 0 saturated carbocycles. The molecule has 0 spiro atoms. The van der Waals surface area contributed by atoms with E-state index in [1.807, 2.05) is 26.0 Å². The second kappa shape index (κ2) is 4.70. The summed E-state index contributed by atoms with van der Waals surface area (Å²) < 4.78 is 26.9. The Bertz CT molecular complexity index is 675. The Hall–Kier alpha value is -1.40. The van der Waals surface area contributed by atoms with Crippen LogP contribution in [0.15, 0.2) is 27.9 Å². The maximum Gasteiger partial charge on any atom is 0.289 e. The van der Waals surface area contributed by atoms with Crippen molar-refractivity contribution in [3.63, 3.8) is 0 Å². The molecule has 1 aromatic carbocycles. The van der Waals surface area contributed by atoms with Crippen molar-refractivity contribution in [2.24, 2.45) is 0 Å². The topological polar surface area (TPSA) is 59.1 Å². The number of rotatable bonds is 3. The maximum absolute atomic E-state index is 12.1. The zero-order chi connectivity index (χ0) is 13.3. The molecule has 1 heterocycles. The van der Waals surface area contributed by atoms with Gasteiger partial charge in [-0.1, -0.05) is 12.1 Å². The molecule has 0 bridgehead atoms. The van der Waals surface area contributed by atoms with Crippen LogP contribution in [0.25, 0.3) is 0 Å². The number of hydrogen-bond acceptors (Lipinski definition) is 4. The predicted octanol–water partition coefficient (Wildman–Crippen LogP) is 2.87. The zero-order valence-corrected chi connectivity index (χ0v) is 12.0. The van der Waals surface area contributed by atoms with Gasteiger partial charge < -0.3 is 0 Å². The smallest absolute Gasteiger partial charge is 0.277 e. The van der Waals surface area contributed by atoms with Gasteiger partial charge in [0.25, 0.3) is 10.0 Å². The predicted molar refractivity (Wildman–Crippen MR) is 73.6 cm³/mol. The molecule has 18 heavy (non-hydrogen) atoms. The van der Waals surface area contributed by atoms with Crippen molar-refractivity contribution in [1.29, 1.82) is 0 Å². The van der Waals surface area contributed by atoms with Crippen LogP contribution >= 0.6 is 11.3 Å². The molecule has 2 rings (SSSR count). The first kappa shape index (κ1) is 13.0. The van der Waals surface area contributed by atoms with E-state index in [4.69, 9.17) is 0 Å². The molecule has 0 unspecified atom stereocenters. The number of nitrogens with one attached hydrogen (secondary N) is 1. The van der Waals surface area contributed by atoms with E-state index in [0.717, 1.165) is 22.5 Å². The molecule has 4 nitrogen and oxygen atoms in total. The second-order valence-electron chi connectivity index (χ2n) is 4.11. The number of aryl methyl sites for hydroxylation is 2. The van der Waals surface area contributed by atoms with E-state index in [-0.39, 0.29) is 4.34 Å². The van der Waals surface area contributed by atoms with Gasteiger partial charge in [0.2, 0.25) is 4.34 Å². The van der Waals surface area contributed by atoms with Crippen molar-refractivity contribution in [3.8, 4) is 0 Å². The summed E-state index contributed by atoms with van der Waals surface area (Å²) in [5, 5.41) is 1.72. The molecule has 0 radical (unpaired) electrons. The summed E-state index contributed by atoms with van der Waals surface area (Å²) in [6.07, 6.45) is 0. The van der Waals surface area contributed by atoms with Crippen molar-refractivity contribution in [1.82, 2.24) is 4.98 Å². The van der Waals surface area contributed by atoms with Crippen molar-refractivity contribution in [2.45, 2.75) is 25.1 Å². The van der Waals surface area contributed by atoms with Gasteiger partial charge in [0.1, 0.15) is 0 Å². The van der Waals surface area contributed by atoms with Crippen LogP contribution < -0.4 is 4.72 Å². The third kappa shape index (κ3) is 2.54. The molecule has 1 N–H and O–H groups in total. The van der Waals surface area contributed by atoms with Gasteiger partial charge in [-0.15, -0.1) is 11.3 Å². The van der Waals surface area contributed by atoms with Crippen LogP contribution in [0.2, 0.25) is 0 Å². The highest BCUT2D eigenvalue weighted by Crippen LogP contribution is 2.23. The van der Waals surface area contributed by atoms with Crippen molar-refractivity contribution >= 4 is 27.0 Å². The van der Waals surface area contributed by atoms with E-state index in [1.54, 1.807) is 18.4 Å². The third-order valence-corrected chi connectivity index (χ3v) is 5.42. The Morgan fingerprint density at radius 2 is 1.94 bits per heavy atom. The number of thiazole rings is 1. The molecule has 0 aliphatic heterocycles. The van der Waals surface area contributed by atoms with Crippen LogP contribution in [0, 0.1) is 20.8 Å². The fraction of sp³-hybridized carbons (Fsp3) is 0.250. The van der Waals surface area contributed by atoms with Crippen LogP contribution in [0.5, 0.6) is 0 Å². The van der Waals surface area contributed by atoms with Crippen LogP contribution in [-0.4, -0.2) is 13.4 Å². The first-order valence-electron chi connectivity index (χ1n) is 5.41. The van der Waals surface area contributed by atoms with Gasteiger partial charge >= 0.3 is 0 Å². The number of hydrogen-bond donors (Lipinski definition) is 1. The molecule has 0 atom stereocenters. The summed E-state index contributed by atoms with van der Waals surface area (Å²) in [7, 11) is -3.57. The van der Waals surface area contributed by atoms with Crippen LogP contribution in [0.3, 0.4) is 0 Å². The maximum atomic E-state index is 12.1. The van der Waals surface area contributed by atoms with Crippen LogP contribution in [-0.2, 0) is 10.0 Å². The van der Waals surface area contributed by atoms with E-state index in [1.165, 1.54) is 0 Å². The molecule has 6 heteroatoms. The number of anilines is 1. The normalized spacial score (nSPS) is 11.5. The fourth-order valence-corrected chi connectivity index (χ4v) is 3.66. The van der Waals surface area contributed by atoms with Gasteiger partial charge in [-0.3, -0.25) is 4.72 Å². The minimum absolute atomic E-state index is 0.0981. The molecule has 0 fully saturated rings. The van der Waals surface area contributed by atoms with Gasteiger partial charge in [-0.05, 0) is 38.0 Å². The Labute approximate surface area is 111 Å². The van der Waals surface area contributed by atoms with Crippen molar-refractivity contribution in [3.05, 3.63) is 40.4 Å². The molecular formula is C12H14N2O2S2.